The van der Waals surface area contributed by atoms with Gasteiger partial charge < -0.3 is 10.2 Å². The molecule has 2 N–H and O–H groups in total. The molecule has 0 aromatic heterocycles. The normalized spacial score (nSPS) is 8.36. The van der Waals surface area contributed by atoms with Crippen molar-refractivity contribution in [2.75, 3.05) is 0 Å². The number of carboxylic acids is 1. The molecular formula is C7H6FeO3. The monoisotopic (exact) mass is 194 g/mol. The van der Waals surface area contributed by atoms with Gasteiger partial charge in [0.1, 0.15) is 11.3 Å². The van der Waals surface area contributed by atoms with Crippen LogP contribution >= 0.6 is 0 Å². The van der Waals surface area contributed by atoms with Crippen LogP contribution < -0.4 is 0 Å². The molecule has 1 aromatic carbocycles. The molecule has 0 aliphatic heterocycles. The first kappa shape index (κ1) is 10.0. The molecule has 1 rings (SSSR count). The van der Waals surface area contributed by atoms with Gasteiger partial charge in [-0.15, -0.1) is 0 Å². The third-order valence-corrected chi connectivity index (χ3v) is 1.13. The van der Waals surface area contributed by atoms with Crippen molar-refractivity contribution in [1.29, 1.82) is 0 Å². The zero-order valence-corrected chi connectivity index (χ0v) is 6.57. The van der Waals surface area contributed by atoms with E-state index >= 15 is 0 Å². The van der Waals surface area contributed by atoms with Crippen LogP contribution in [0, 0.1) is 0 Å². The number of hydrogen-bond donors (Lipinski definition) is 2. The summed E-state index contributed by atoms with van der Waals surface area (Å²) >= 11 is 0. The van der Waals surface area contributed by atoms with Crippen molar-refractivity contribution in [3.8, 4) is 5.75 Å². The van der Waals surface area contributed by atoms with E-state index in [2.05, 4.69) is 0 Å². The van der Waals surface area contributed by atoms with E-state index in [1.165, 1.54) is 12.1 Å². The standard InChI is InChI=1S/C7H6O3.Fe/c8-6-4-2-1-3-5(6)7(9)10;/h1-4,8H,(H,9,10);. The van der Waals surface area contributed by atoms with Crippen molar-refractivity contribution < 1.29 is 32.1 Å². The number of hydrogen-bond acceptors (Lipinski definition) is 2. The zero-order valence-electron chi connectivity index (χ0n) is 5.47. The third-order valence-electron chi connectivity index (χ3n) is 1.13. The zero-order chi connectivity index (χ0) is 7.56. The summed E-state index contributed by atoms with van der Waals surface area (Å²) in [4.78, 5) is 10.3. The van der Waals surface area contributed by atoms with E-state index in [-0.39, 0.29) is 28.4 Å². The fraction of sp³-hybridized carbons (Fsp3) is 0. The Morgan fingerprint density at radius 3 is 2.18 bits per heavy atom. The summed E-state index contributed by atoms with van der Waals surface area (Å²) in [6, 6.07) is 5.81. The molecule has 0 aliphatic carbocycles. The topological polar surface area (TPSA) is 57.5 Å². The fourth-order valence-corrected chi connectivity index (χ4v) is 0.654. The second-order valence-corrected chi connectivity index (χ2v) is 1.82. The predicted molar refractivity (Wildman–Crippen MR) is 35.1 cm³/mol. The van der Waals surface area contributed by atoms with Gasteiger partial charge >= 0.3 is 5.97 Å². The number of aromatic hydroxyl groups is 1. The van der Waals surface area contributed by atoms with Crippen LogP contribution in [-0.2, 0) is 17.1 Å². The average molecular weight is 194 g/mol. The van der Waals surface area contributed by atoms with E-state index < -0.39 is 5.97 Å². The molecule has 0 aliphatic rings. The van der Waals surface area contributed by atoms with E-state index in [0.717, 1.165) is 0 Å². The van der Waals surface area contributed by atoms with E-state index in [1.54, 1.807) is 12.1 Å². The molecule has 0 unspecified atom stereocenters. The van der Waals surface area contributed by atoms with Crippen molar-refractivity contribution in [3.63, 3.8) is 0 Å². The summed E-state index contributed by atoms with van der Waals surface area (Å²) in [6.07, 6.45) is 0. The van der Waals surface area contributed by atoms with Crippen molar-refractivity contribution in [1.82, 2.24) is 0 Å². The first-order valence-electron chi connectivity index (χ1n) is 2.73. The van der Waals surface area contributed by atoms with Crippen LogP contribution in [0.25, 0.3) is 0 Å². The van der Waals surface area contributed by atoms with Crippen LogP contribution in [0.5, 0.6) is 5.75 Å². The number of phenols is 1. The fourth-order valence-electron chi connectivity index (χ4n) is 0.654. The summed E-state index contributed by atoms with van der Waals surface area (Å²) in [5.74, 6) is -1.31. The van der Waals surface area contributed by atoms with Gasteiger partial charge in [-0.05, 0) is 12.1 Å². The Kier molecular flexibility index (Phi) is 3.65. The van der Waals surface area contributed by atoms with E-state index in [9.17, 15) is 4.79 Å². The van der Waals surface area contributed by atoms with Crippen LogP contribution in [-0.4, -0.2) is 16.2 Å². The van der Waals surface area contributed by atoms with Gasteiger partial charge in [0.2, 0.25) is 0 Å². The number of aromatic carboxylic acids is 1. The number of benzene rings is 1. The Balaban J connectivity index is 0.000001000. The van der Waals surface area contributed by atoms with Gasteiger partial charge in [0, 0.05) is 17.1 Å². The minimum absolute atomic E-state index is 0. The first-order chi connectivity index (χ1) is 4.72. The van der Waals surface area contributed by atoms with Crippen LogP contribution in [0.15, 0.2) is 24.3 Å². The molecule has 4 heteroatoms. The minimum atomic E-state index is -1.11. The molecule has 0 amide bonds. The maximum atomic E-state index is 10.3. The maximum Gasteiger partial charge on any atom is 0.339 e. The molecule has 0 radical (unpaired) electrons. The smallest absolute Gasteiger partial charge is 0.339 e. The van der Waals surface area contributed by atoms with Gasteiger partial charge in [0.25, 0.3) is 0 Å². The molecule has 60 valence electrons. The summed E-state index contributed by atoms with van der Waals surface area (Å²) < 4.78 is 0. The minimum Gasteiger partial charge on any atom is -0.507 e. The largest absolute Gasteiger partial charge is 0.507 e. The first-order valence-corrected chi connectivity index (χ1v) is 2.73. The maximum absolute atomic E-state index is 10.3. The quantitative estimate of drug-likeness (QED) is 0.657. The van der Waals surface area contributed by atoms with Gasteiger partial charge in [0.15, 0.2) is 0 Å². The van der Waals surface area contributed by atoms with E-state index in [1.807, 2.05) is 0 Å². The van der Waals surface area contributed by atoms with Crippen LogP contribution in [0.3, 0.4) is 0 Å². The Morgan fingerprint density at radius 2 is 1.82 bits per heavy atom. The summed E-state index contributed by atoms with van der Waals surface area (Å²) in [6.45, 7) is 0. The average Bonchev–Trinajstić information content (AvgIpc) is 1.88. The van der Waals surface area contributed by atoms with Crippen molar-refractivity contribution in [3.05, 3.63) is 29.8 Å². The van der Waals surface area contributed by atoms with Gasteiger partial charge in [-0.1, -0.05) is 12.1 Å². The van der Waals surface area contributed by atoms with Gasteiger partial charge in [-0.25, -0.2) is 4.79 Å². The van der Waals surface area contributed by atoms with Crippen molar-refractivity contribution >= 4 is 5.97 Å². The third kappa shape index (κ3) is 2.26. The van der Waals surface area contributed by atoms with Crippen LogP contribution in [0.2, 0.25) is 0 Å². The Morgan fingerprint density at radius 1 is 1.27 bits per heavy atom. The van der Waals surface area contributed by atoms with Gasteiger partial charge in [-0.3, -0.25) is 0 Å². The molecule has 3 nitrogen and oxygen atoms in total. The summed E-state index contributed by atoms with van der Waals surface area (Å²) in [5.41, 5.74) is -0.0671. The summed E-state index contributed by atoms with van der Waals surface area (Å²) in [7, 11) is 0. The molecular weight excluding hydrogens is 188 g/mol. The second kappa shape index (κ2) is 4.01. The Labute approximate surface area is 74.1 Å². The number of carbonyl (C=O) groups is 1. The molecule has 1 aromatic rings. The van der Waals surface area contributed by atoms with E-state index in [4.69, 9.17) is 10.2 Å². The molecule has 0 spiro atoms. The predicted octanol–water partition coefficient (Wildman–Crippen LogP) is 1.09. The Bertz CT molecular complexity index is 260. The number of carboxylic acid groups (broad SMARTS) is 1. The molecule has 0 bridgehead atoms. The second-order valence-electron chi connectivity index (χ2n) is 1.82. The van der Waals surface area contributed by atoms with Crippen LogP contribution in [0.4, 0.5) is 0 Å². The molecule has 0 atom stereocenters. The van der Waals surface area contributed by atoms with E-state index in [0.29, 0.717) is 0 Å². The molecule has 0 fully saturated rings. The van der Waals surface area contributed by atoms with Gasteiger partial charge in [0.05, 0.1) is 0 Å². The molecule has 0 heterocycles. The summed E-state index contributed by atoms with van der Waals surface area (Å²) in [5, 5.41) is 17.3. The molecule has 11 heavy (non-hydrogen) atoms. The van der Waals surface area contributed by atoms with Crippen molar-refractivity contribution in [2.24, 2.45) is 0 Å². The Hall–Kier alpha value is -0.991. The number of rotatable bonds is 1. The van der Waals surface area contributed by atoms with Crippen LogP contribution in [0.1, 0.15) is 10.4 Å². The van der Waals surface area contributed by atoms with Crippen molar-refractivity contribution in [2.45, 2.75) is 0 Å². The van der Waals surface area contributed by atoms with Gasteiger partial charge in [-0.2, -0.15) is 0 Å². The SMILES string of the molecule is O=C(O)c1ccccc1O.[Fe]. The number of para-hydroxylation sites is 1. The molecule has 0 saturated heterocycles. The molecule has 0 saturated carbocycles.